The number of piperazine rings is 1. The van der Waals surface area contributed by atoms with Gasteiger partial charge in [-0.05, 0) is 18.6 Å². The van der Waals surface area contributed by atoms with Crippen LogP contribution in [0.4, 0.5) is 5.95 Å². The van der Waals surface area contributed by atoms with E-state index < -0.39 is 0 Å². The van der Waals surface area contributed by atoms with Crippen LogP contribution in [-0.2, 0) is 6.42 Å². The maximum Gasteiger partial charge on any atom is 0.225 e. The van der Waals surface area contributed by atoms with E-state index in [1.807, 2.05) is 18.2 Å². The van der Waals surface area contributed by atoms with Gasteiger partial charge in [0.15, 0.2) is 5.96 Å². The lowest BCUT2D eigenvalue weighted by molar-refractivity contribution is 0.378. The van der Waals surface area contributed by atoms with E-state index in [9.17, 15) is 0 Å². The Balaban J connectivity index is 1.50. The highest BCUT2D eigenvalue weighted by molar-refractivity contribution is 5.78. The number of nitrogens with two attached hydrogens (primary N) is 1. The molecule has 0 radical (unpaired) electrons. The van der Waals surface area contributed by atoms with Gasteiger partial charge in [-0.3, -0.25) is 4.99 Å². The monoisotopic (exact) mass is 341 g/mol. The first-order chi connectivity index (χ1) is 12.3. The predicted molar refractivity (Wildman–Crippen MR) is 96.8 cm³/mol. The average Bonchev–Trinajstić information content (AvgIpc) is 2.69. The van der Waals surface area contributed by atoms with Crippen LogP contribution in [0.1, 0.15) is 5.56 Å². The lowest BCUT2D eigenvalue weighted by atomic mass is 10.2. The minimum absolute atomic E-state index is 0.580. The van der Waals surface area contributed by atoms with Crippen LogP contribution >= 0.6 is 0 Å². The van der Waals surface area contributed by atoms with Gasteiger partial charge in [0.25, 0.3) is 0 Å². The number of ether oxygens (including phenoxy) is 1. The largest absolute Gasteiger partial charge is 0.481 e. The second-order valence-electron chi connectivity index (χ2n) is 5.68. The molecule has 0 atom stereocenters. The van der Waals surface area contributed by atoms with Crippen molar-refractivity contribution in [3.05, 3.63) is 42.4 Å². The molecule has 0 amide bonds. The highest BCUT2D eigenvalue weighted by atomic mass is 16.5. The summed E-state index contributed by atoms with van der Waals surface area (Å²) < 4.78 is 5.25. The molecule has 0 bridgehead atoms. The minimum Gasteiger partial charge on any atom is -0.481 e. The van der Waals surface area contributed by atoms with Crippen molar-refractivity contribution in [2.24, 2.45) is 10.7 Å². The van der Waals surface area contributed by atoms with Crippen LogP contribution in [0.15, 0.2) is 41.8 Å². The van der Waals surface area contributed by atoms with Crippen molar-refractivity contribution in [3.63, 3.8) is 0 Å². The molecule has 0 aromatic carbocycles. The number of rotatable bonds is 5. The van der Waals surface area contributed by atoms with E-state index in [1.165, 1.54) is 0 Å². The van der Waals surface area contributed by atoms with Crippen LogP contribution in [0.2, 0.25) is 0 Å². The normalized spacial score (nSPS) is 15.3. The van der Waals surface area contributed by atoms with Crippen LogP contribution in [0.25, 0.3) is 0 Å². The molecule has 1 aliphatic rings. The van der Waals surface area contributed by atoms with E-state index in [0.717, 1.165) is 44.1 Å². The molecular formula is C17H23N7O. The molecule has 2 N–H and O–H groups in total. The molecule has 1 saturated heterocycles. The van der Waals surface area contributed by atoms with Gasteiger partial charge in [-0.2, -0.15) is 0 Å². The van der Waals surface area contributed by atoms with Gasteiger partial charge >= 0.3 is 0 Å². The number of pyridine rings is 1. The number of anilines is 1. The maximum atomic E-state index is 6.15. The molecule has 0 spiro atoms. The zero-order valence-electron chi connectivity index (χ0n) is 14.4. The van der Waals surface area contributed by atoms with Crippen LogP contribution < -0.4 is 15.4 Å². The SMILES string of the molecule is COc1ncccc1CCN=C(N)N1CCN(c2ncccn2)CC1. The summed E-state index contributed by atoms with van der Waals surface area (Å²) in [6.07, 6.45) is 5.99. The summed E-state index contributed by atoms with van der Waals surface area (Å²) in [6, 6.07) is 5.72. The van der Waals surface area contributed by atoms with E-state index in [0.29, 0.717) is 18.4 Å². The van der Waals surface area contributed by atoms with Crippen LogP contribution in [0, 0.1) is 0 Å². The summed E-state index contributed by atoms with van der Waals surface area (Å²) in [5.74, 6) is 1.99. The van der Waals surface area contributed by atoms with Gasteiger partial charge in [-0.1, -0.05) is 6.07 Å². The molecule has 25 heavy (non-hydrogen) atoms. The number of hydrogen-bond acceptors (Lipinski definition) is 6. The molecule has 1 fully saturated rings. The van der Waals surface area contributed by atoms with E-state index in [2.05, 4.69) is 29.7 Å². The van der Waals surface area contributed by atoms with Crippen molar-refractivity contribution in [1.29, 1.82) is 0 Å². The zero-order chi connectivity index (χ0) is 17.5. The Labute approximate surface area is 147 Å². The van der Waals surface area contributed by atoms with Gasteiger partial charge in [0.1, 0.15) is 0 Å². The fraction of sp³-hybridized carbons (Fsp3) is 0.412. The molecule has 2 aromatic heterocycles. The van der Waals surface area contributed by atoms with Gasteiger partial charge in [-0.15, -0.1) is 0 Å². The molecular weight excluding hydrogens is 318 g/mol. The zero-order valence-corrected chi connectivity index (χ0v) is 14.4. The topological polar surface area (TPSA) is 92.8 Å². The lowest BCUT2D eigenvalue weighted by Crippen LogP contribution is -2.51. The number of methoxy groups -OCH3 is 1. The molecule has 0 saturated carbocycles. The number of hydrogen-bond donors (Lipinski definition) is 1. The summed E-state index contributed by atoms with van der Waals surface area (Å²) >= 11 is 0. The Bertz CT molecular complexity index is 699. The summed E-state index contributed by atoms with van der Waals surface area (Å²) in [6.45, 7) is 3.89. The first-order valence-electron chi connectivity index (χ1n) is 8.32. The van der Waals surface area contributed by atoms with Gasteiger partial charge in [0.2, 0.25) is 11.8 Å². The minimum atomic E-state index is 0.580. The fourth-order valence-corrected chi connectivity index (χ4v) is 2.78. The van der Waals surface area contributed by atoms with Crippen molar-refractivity contribution in [3.8, 4) is 5.88 Å². The summed E-state index contributed by atoms with van der Waals surface area (Å²) in [7, 11) is 1.62. The van der Waals surface area contributed by atoms with Gasteiger partial charge in [0, 0.05) is 56.9 Å². The molecule has 3 rings (SSSR count). The molecule has 132 valence electrons. The number of aliphatic imine (C=N–C) groups is 1. The predicted octanol–water partition coefficient (Wildman–Crippen LogP) is 0.560. The third-order valence-electron chi connectivity index (χ3n) is 4.14. The maximum absolute atomic E-state index is 6.15. The fourth-order valence-electron chi connectivity index (χ4n) is 2.78. The lowest BCUT2D eigenvalue weighted by Gasteiger charge is -2.35. The second-order valence-corrected chi connectivity index (χ2v) is 5.68. The van der Waals surface area contributed by atoms with Gasteiger partial charge < -0.3 is 20.3 Å². The van der Waals surface area contributed by atoms with Crippen molar-refractivity contribution in [2.45, 2.75) is 6.42 Å². The van der Waals surface area contributed by atoms with E-state index in [1.54, 1.807) is 25.7 Å². The Morgan fingerprint density at radius 2 is 1.84 bits per heavy atom. The number of guanidine groups is 1. The third kappa shape index (κ3) is 4.34. The molecule has 0 unspecified atom stereocenters. The first kappa shape index (κ1) is 16.9. The molecule has 8 heteroatoms. The third-order valence-corrected chi connectivity index (χ3v) is 4.14. The molecule has 2 aromatic rings. The Kier molecular flexibility index (Phi) is 5.61. The van der Waals surface area contributed by atoms with Crippen LogP contribution in [-0.4, -0.2) is 65.6 Å². The summed E-state index contributed by atoms with van der Waals surface area (Å²) in [4.78, 5) is 21.5. The molecule has 0 aliphatic carbocycles. The highest BCUT2D eigenvalue weighted by Gasteiger charge is 2.19. The summed E-state index contributed by atoms with van der Waals surface area (Å²) in [5, 5.41) is 0. The quantitative estimate of drug-likeness (QED) is 0.627. The second kappa shape index (κ2) is 8.27. The van der Waals surface area contributed by atoms with Crippen LogP contribution in [0.5, 0.6) is 5.88 Å². The number of nitrogens with zero attached hydrogens (tertiary/aromatic N) is 6. The molecule has 1 aliphatic heterocycles. The van der Waals surface area contributed by atoms with Gasteiger partial charge in [-0.25, -0.2) is 15.0 Å². The van der Waals surface area contributed by atoms with Crippen molar-refractivity contribution in [1.82, 2.24) is 19.9 Å². The standard InChI is InChI=1S/C17H23N7O/c1-25-15-14(4-2-6-19-15)5-9-20-16(18)23-10-12-24(13-11-23)17-21-7-3-8-22-17/h2-4,6-8H,5,9-13H2,1H3,(H2,18,20). The van der Waals surface area contributed by atoms with Gasteiger partial charge in [0.05, 0.1) is 7.11 Å². The smallest absolute Gasteiger partial charge is 0.225 e. The van der Waals surface area contributed by atoms with Crippen LogP contribution in [0.3, 0.4) is 0 Å². The average molecular weight is 341 g/mol. The summed E-state index contributed by atoms with van der Waals surface area (Å²) in [5.41, 5.74) is 7.18. The van der Waals surface area contributed by atoms with Crippen molar-refractivity contribution in [2.75, 3.05) is 44.7 Å². The Morgan fingerprint density at radius 1 is 1.12 bits per heavy atom. The van der Waals surface area contributed by atoms with E-state index >= 15 is 0 Å². The number of aromatic nitrogens is 3. The molecule has 3 heterocycles. The molecule has 8 nitrogen and oxygen atoms in total. The van der Waals surface area contributed by atoms with Crippen molar-refractivity contribution >= 4 is 11.9 Å². The van der Waals surface area contributed by atoms with E-state index in [-0.39, 0.29) is 0 Å². The Morgan fingerprint density at radius 3 is 2.56 bits per heavy atom. The first-order valence-corrected chi connectivity index (χ1v) is 8.32. The van der Waals surface area contributed by atoms with Crippen molar-refractivity contribution < 1.29 is 4.74 Å². The Hall–Kier alpha value is -2.90. The van der Waals surface area contributed by atoms with E-state index in [4.69, 9.17) is 10.5 Å². The highest BCUT2D eigenvalue weighted by Crippen LogP contribution is 2.14.